The van der Waals surface area contributed by atoms with Gasteiger partial charge < -0.3 is 4.74 Å². The molecule has 1 atom stereocenters. The minimum absolute atomic E-state index is 0.0603. The number of non-ortho nitro benzene ring substituents is 1. The third kappa shape index (κ3) is 4.67. The Kier molecular flexibility index (Phi) is 6.04. The van der Waals surface area contributed by atoms with Gasteiger partial charge in [0.15, 0.2) is 6.10 Å². The maximum atomic E-state index is 13.1. The number of Topliss-reactive ketones (excluding diaryl/α,β-unsaturated/α-hetero) is 1. The van der Waals surface area contributed by atoms with E-state index in [9.17, 15) is 19.7 Å². The lowest BCUT2D eigenvalue weighted by atomic mass is 9.99. The normalized spacial score (nSPS) is 11.5. The summed E-state index contributed by atoms with van der Waals surface area (Å²) < 4.78 is 5.51. The maximum absolute atomic E-state index is 13.1. The monoisotopic (exact) mass is 409 g/mol. The van der Waals surface area contributed by atoms with Crippen molar-refractivity contribution in [3.05, 3.63) is 110 Å². The average Bonchev–Trinajstić information content (AvgIpc) is 2.72. The molecule has 3 aromatic carbocycles. The number of nitro groups is 1. The second-order valence-corrected chi connectivity index (χ2v) is 6.75. The second-order valence-electron chi connectivity index (χ2n) is 6.35. The molecule has 0 N–H and O–H groups in total. The lowest BCUT2D eigenvalue weighted by Gasteiger charge is -2.18. The van der Waals surface area contributed by atoms with Crippen LogP contribution in [0, 0.1) is 17.0 Å². The summed E-state index contributed by atoms with van der Waals surface area (Å²) in [5.74, 6) is -1.23. The highest BCUT2D eigenvalue weighted by molar-refractivity contribution is 6.33. The molecule has 0 aliphatic carbocycles. The summed E-state index contributed by atoms with van der Waals surface area (Å²) in [5, 5.41) is 10.7. The van der Waals surface area contributed by atoms with Gasteiger partial charge in [-0.3, -0.25) is 14.9 Å². The molecule has 0 saturated heterocycles. The molecule has 3 rings (SSSR count). The Morgan fingerprint density at radius 3 is 2.24 bits per heavy atom. The van der Waals surface area contributed by atoms with Gasteiger partial charge in [-0.15, -0.1) is 0 Å². The molecule has 6 nitrogen and oxygen atoms in total. The van der Waals surface area contributed by atoms with Crippen LogP contribution in [0.2, 0.25) is 5.02 Å². The van der Waals surface area contributed by atoms with Crippen molar-refractivity contribution < 1.29 is 19.2 Å². The first-order valence-electron chi connectivity index (χ1n) is 8.67. The van der Waals surface area contributed by atoms with Gasteiger partial charge in [0.1, 0.15) is 0 Å². The van der Waals surface area contributed by atoms with Crippen molar-refractivity contribution in [2.45, 2.75) is 13.0 Å². The Morgan fingerprint density at radius 2 is 1.66 bits per heavy atom. The first-order valence-corrected chi connectivity index (χ1v) is 9.05. The molecule has 29 heavy (non-hydrogen) atoms. The van der Waals surface area contributed by atoms with Gasteiger partial charge in [0.25, 0.3) is 5.69 Å². The smallest absolute Gasteiger partial charge is 0.340 e. The van der Waals surface area contributed by atoms with Gasteiger partial charge in [-0.1, -0.05) is 71.8 Å². The van der Waals surface area contributed by atoms with Gasteiger partial charge in [-0.05, 0) is 13.0 Å². The van der Waals surface area contributed by atoms with Crippen molar-refractivity contribution in [1.82, 2.24) is 0 Å². The third-order valence-electron chi connectivity index (χ3n) is 4.28. The lowest BCUT2D eigenvalue weighted by molar-refractivity contribution is -0.384. The van der Waals surface area contributed by atoms with Crippen LogP contribution in [0.15, 0.2) is 72.8 Å². The quantitative estimate of drug-likeness (QED) is 0.237. The summed E-state index contributed by atoms with van der Waals surface area (Å²) in [6.07, 6.45) is -1.18. The van der Waals surface area contributed by atoms with Crippen molar-refractivity contribution in [1.29, 1.82) is 0 Å². The average molecular weight is 410 g/mol. The number of aryl methyl sites for hydroxylation is 1. The SMILES string of the molecule is Cc1ccc(C(=O)[C@@H](OC(=O)c2ccc([N+](=O)[O-])cc2Cl)c2ccccc2)cc1. The molecule has 0 amide bonds. The van der Waals surface area contributed by atoms with Gasteiger partial charge >= 0.3 is 5.97 Å². The predicted molar refractivity (Wildman–Crippen MR) is 108 cm³/mol. The maximum Gasteiger partial charge on any atom is 0.340 e. The highest BCUT2D eigenvalue weighted by Gasteiger charge is 2.28. The fourth-order valence-electron chi connectivity index (χ4n) is 2.72. The van der Waals surface area contributed by atoms with Crippen LogP contribution in [-0.2, 0) is 4.74 Å². The van der Waals surface area contributed by atoms with Crippen LogP contribution in [0.1, 0.15) is 37.9 Å². The fraction of sp³-hybridized carbons (Fsp3) is 0.0909. The summed E-state index contributed by atoms with van der Waals surface area (Å²) in [5.41, 5.74) is 1.58. The number of hydrogen-bond donors (Lipinski definition) is 0. The first kappa shape index (κ1) is 20.2. The highest BCUT2D eigenvalue weighted by atomic mass is 35.5. The summed E-state index contributed by atoms with van der Waals surface area (Å²) in [6.45, 7) is 1.90. The number of nitrogens with zero attached hydrogens (tertiary/aromatic N) is 1. The molecule has 146 valence electrons. The summed E-state index contributed by atoms with van der Waals surface area (Å²) in [4.78, 5) is 36.0. The summed E-state index contributed by atoms with van der Waals surface area (Å²) in [7, 11) is 0. The van der Waals surface area contributed by atoms with Crippen LogP contribution in [-0.4, -0.2) is 16.7 Å². The van der Waals surface area contributed by atoms with Crippen molar-refractivity contribution in [3.63, 3.8) is 0 Å². The number of carbonyl (C=O) groups is 2. The third-order valence-corrected chi connectivity index (χ3v) is 4.60. The number of ketones is 1. The molecule has 3 aromatic rings. The zero-order chi connectivity index (χ0) is 21.0. The number of esters is 1. The number of benzene rings is 3. The van der Waals surface area contributed by atoms with Crippen molar-refractivity contribution in [2.75, 3.05) is 0 Å². The molecule has 0 heterocycles. The number of nitro benzene ring substituents is 1. The molecule has 0 radical (unpaired) electrons. The van der Waals surface area contributed by atoms with E-state index in [1.165, 1.54) is 6.07 Å². The van der Waals surface area contributed by atoms with Gasteiger partial charge in [-0.25, -0.2) is 4.79 Å². The van der Waals surface area contributed by atoms with E-state index in [-0.39, 0.29) is 22.1 Å². The van der Waals surface area contributed by atoms with Gasteiger partial charge in [0.2, 0.25) is 5.78 Å². The minimum Gasteiger partial charge on any atom is -0.445 e. The van der Waals surface area contributed by atoms with E-state index in [1.807, 2.05) is 6.92 Å². The molecular weight excluding hydrogens is 394 g/mol. The van der Waals surface area contributed by atoms with Crippen LogP contribution in [0.25, 0.3) is 0 Å². The Balaban J connectivity index is 1.93. The van der Waals surface area contributed by atoms with E-state index in [0.717, 1.165) is 17.7 Å². The van der Waals surface area contributed by atoms with E-state index in [4.69, 9.17) is 16.3 Å². The predicted octanol–water partition coefficient (Wildman–Crippen LogP) is 5.34. The lowest BCUT2D eigenvalue weighted by Crippen LogP contribution is -2.20. The van der Waals surface area contributed by atoms with E-state index in [0.29, 0.717) is 11.1 Å². The molecule has 0 fully saturated rings. The fourth-order valence-corrected chi connectivity index (χ4v) is 2.98. The number of rotatable bonds is 6. The molecule has 0 aliphatic rings. The number of carbonyl (C=O) groups excluding carboxylic acids is 2. The standard InChI is InChI=1S/C22H16ClNO5/c1-14-7-9-15(10-8-14)20(25)21(16-5-3-2-4-6-16)29-22(26)18-12-11-17(24(27)28)13-19(18)23/h2-13,21H,1H3/t21-/m0/s1. The molecule has 0 unspecified atom stereocenters. The first-order chi connectivity index (χ1) is 13.9. The Hall–Kier alpha value is -3.51. The minimum atomic E-state index is -1.18. The Morgan fingerprint density at radius 1 is 1.00 bits per heavy atom. The summed E-state index contributed by atoms with van der Waals surface area (Å²) >= 11 is 6.02. The van der Waals surface area contributed by atoms with Crippen molar-refractivity contribution in [2.24, 2.45) is 0 Å². The molecule has 0 saturated carbocycles. The van der Waals surface area contributed by atoms with E-state index in [1.54, 1.807) is 54.6 Å². The van der Waals surface area contributed by atoms with Crippen LogP contribution >= 0.6 is 11.6 Å². The molecule has 0 aromatic heterocycles. The molecule has 7 heteroatoms. The molecule has 0 spiro atoms. The Bertz CT molecular complexity index is 1060. The van der Waals surface area contributed by atoms with Crippen molar-refractivity contribution in [3.8, 4) is 0 Å². The van der Waals surface area contributed by atoms with Crippen LogP contribution in [0.5, 0.6) is 0 Å². The van der Waals surface area contributed by atoms with E-state index >= 15 is 0 Å². The topological polar surface area (TPSA) is 86.5 Å². The van der Waals surface area contributed by atoms with E-state index in [2.05, 4.69) is 0 Å². The van der Waals surface area contributed by atoms with Crippen molar-refractivity contribution >= 4 is 29.0 Å². The number of halogens is 1. The molecule has 0 aliphatic heterocycles. The largest absolute Gasteiger partial charge is 0.445 e. The molecular formula is C22H16ClNO5. The Labute approximate surface area is 171 Å². The summed E-state index contributed by atoms with van der Waals surface area (Å²) in [6, 6.07) is 19.0. The van der Waals surface area contributed by atoms with Crippen LogP contribution in [0.4, 0.5) is 5.69 Å². The van der Waals surface area contributed by atoms with E-state index < -0.39 is 17.0 Å². The zero-order valence-electron chi connectivity index (χ0n) is 15.4. The second kappa shape index (κ2) is 8.67. The number of ether oxygens (including phenoxy) is 1. The highest BCUT2D eigenvalue weighted by Crippen LogP contribution is 2.28. The zero-order valence-corrected chi connectivity index (χ0v) is 16.1. The molecule has 0 bridgehead atoms. The van der Waals surface area contributed by atoms with Crippen LogP contribution in [0.3, 0.4) is 0 Å². The number of hydrogen-bond acceptors (Lipinski definition) is 5. The van der Waals surface area contributed by atoms with Crippen LogP contribution < -0.4 is 0 Å². The van der Waals surface area contributed by atoms with Gasteiger partial charge in [0.05, 0.1) is 15.5 Å². The van der Waals surface area contributed by atoms with Gasteiger partial charge in [0, 0.05) is 23.3 Å². The van der Waals surface area contributed by atoms with Gasteiger partial charge in [-0.2, -0.15) is 0 Å².